The van der Waals surface area contributed by atoms with E-state index in [1.807, 2.05) is 4.72 Å². The molecule has 3 rings (SSSR count). The number of carbonyl (C=O) groups is 2. The monoisotopic (exact) mass is 438 g/mol. The molecule has 0 bridgehead atoms. The van der Waals surface area contributed by atoms with E-state index in [1.165, 1.54) is 17.9 Å². The molecule has 1 heterocycles. The first-order chi connectivity index (χ1) is 13.5. The minimum Gasteiger partial charge on any atom is -0.328 e. The lowest BCUT2D eigenvalue weighted by molar-refractivity contribution is -0.156. The number of benzene rings is 2. The van der Waals surface area contributed by atoms with Crippen molar-refractivity contribution < 1.29 is 22.4 Å². The first-order valence-corrected chi connectivity index (χ1v) is 10.8. The van der Waals surface area contributed by atoms with Gasteiger partial charge < -0.3 is 4.90 Å². The third-order valence-corrected chi connectivity index (χ3v) is 6.83. The Morgan fingerprint density at radius 2 is 1.93 bits per heavy atom. The molecular formula is C20H20ClFN2O4S. The van der Waals surface area contributed by atoms with E-state index in [1.54, 1.807) is 31.2 Å². The molecule has 2 amide bonds. The smallest absolute Gasteiger partial charge is 0.267 e. The Labute approximate surface area is 173 Å². The van der Waals surface area contributed by atoms with E-state index in [0.717, 1.165) is 12.1 Å². The van der Waals surface area contributed by atoms with E-state index in [0.29, 0.717) is 29.1 Å². The molecule has 0 radical (unpaired) electrons. The summed E-state index contributed by atoms with van der Waals surface area (Å²) in [6.07, 6.45) is 0.278. The summed E-state index contributed by atoms with van der Waals surface area (Å²) in [7, 11) is -4.42. The van der Waals surface area contributed by atoms with Gasteiger partial charge in [0.15, 0.2) is 0 Å². The van der Waals surface area contributed by atoms with Crippen LogP contribution in [0, 0.1) is 12.7 Å². The van der Waals surface area contributed by atoms with Crippen molar-refractivity contribution >= 4 is 33.4 Å². The highest BCUT2D eigenvalue weighted by atomic mass is 35.5. The number of rotatable bonds is 5. The molecular weight excluding hydrogens is 419 g/mol. The summed E-state index contributed by atoms with van der Waals surface area (Å²) in [6, 6.07) is 10.5. The SMILES string of the molecule is Cc1ccc(F)c(S(=O)(=O)NC(=O)C2(C)CCN2C(=O)Cc2ccccc2Cl)c1. The second-order valence-corrected chi connectivity index (χ2v) is 9.26. The molecule has 2 aromatic rings. The Morgan fingerprint density at radius 3 is 2.55 bits per heavy atom. The minimum absolute atomic E-state index is 0.0121. The maximum absolute atomic E-state index is 14.0. The van der Waals surface area contributed by atoms with E-state index >= 15 is 0 Å². The normalized spacial score (nSPS) is 18.8. The highest BCUT2D eigenvalue weighted by Crippen LogP contribution is 2.32. The predicted molar refractivity (Wildman–Crippen MR) is 106 cm³/mol. The highest BCUT2D eigenvalue weighted by Gasteiger charge is 2.50. The van der Waals surface area contributed by atoms with E-state index in [-0.39, 0.29) is 12.3 Å². The second-order valence-electron chi connectivity index (χ2n) is 7.21. The molecule has 1 N–H and O–H groups in total. The zero-order valence-electron chi connectivity index (χ0n) is 15.9. The number of sulfonamides is 1. The fraction of sp³-hybridized carbons (Fsp3) is 0.300. The van der Waals surface area contributed by atoms with Crippen LogP contribution in [-0.4, -0.2) is 37.2 Å². The number of amides is 2. The lowest BCUT2D eigenvalue weighted by atomic mass is 9.85. The number of carbonyl (C=O) groups excluding carboxylic acids is 2. The fourth-order valence-electron chi connectivity index (χ4n) is 3.20. The van der Waals surface area contributed by atoms with Crippen LogP contribution in [0.1, 0.15) is 24.5 Å². The van der Waals surface area contributed by atoms with Crippen molar-refractivity contribution in [2.45, 2.75) is 37.1 Å². The molecule has 1 unspecified atom stereocenters. The molecule has 2 aromatic carbocycles. The van der Waals surface area contributed by atoms with Gasteiger partial charge in [0, 0.05) is 11.6 Å². The van der Waals surface area contributed by atoms with Crippen molar-refractivity contribution in [1.82, 2.24) is 9.62 Å². The van der Waals surface area contributed by atoms with E-state index in [4.69, 9.17) is 11.6 Å². The molecule has 29 heavy (non-hydrogen) atoms. The summed E-state index contributed by atoms with van der Waals surface area (Å²) in [5.74, 6) is -2.18. The van der Waals surface area contributed by atoms with Crippen LogP contribution in [-0.2, 0) is 26.0 Å². The number of halogens is 2. The molecule has 1 atom stereocenters. The van der Waals surface area contributed by atoms with Crippen molar-refractivity contribution in [3.63, 3.8) is 0 Å². The van der Waals surface area contributed by atoms with Crippen LogP contribution in [0.15, 0.2) is 47.4 Å². The average Bonchev–Trinajstić information content (AvgIpc) is 2.63. The van der Waals surface area contributed by atoms with Gasteiger partial charge in [0.05, 0.1) is 6.42 Å². The Kier molecular flexibility index (Phi) is 5.69. The molecule has 0 aliphatic carbocycles. The topological polar surface area (TPSA) is 83.6 Å². The maximum Gasteiger partial charge on any atom is 0.267 e. The van der Waals surface area contributed by atoms with Crippen molar-refractivity contribution in [2.75, 3.05) is 6.54 Å². The maximum atomic E-state index is 14.0. The van der Waals surface area contributed by atoms with Gasteiger partial charge in [0.25, 0.3) is 15.9 Å². The Balaban J connectivity index is 1.77. The van der Waals surface area contributed by atoms with Gasteiger partial charge in [-0.25, -0.2) is 17.5 Å². The van der Waals surface area contributed by atoms with E-state index < -0.39 is 32.2 Å². The van der Waals surface area contributed by atoms with Crippen molar-refractivity contribution in [1.29, 1.82) is 0 Å². The molecule has 6 nitrogen and oxygen atoms in total. The number of hydrogen-bond acceptors (Lipinski definition) is 4. The Bertz CT molecular complexity index is 1090. The highest BCUT2D eigenvalue weighted by molar-refractivity contribution is 7.90. The molecule has 154 valence electrons. The first kappa shape index (κ1) is 21.3. The Morgan fingerprint density at radius 1 is 1.24 bits per heavy atom. The number of aryl methyl sites for hydroxylation is 1. The summed E-state index contributed by atoms with van der Waals surface area (Å²) in [5.41, 5.74) is -0.194. The molecule has 1 saturated heterocycles. The molecule has 9 heteroatoms. The summed E-state index contributed by atoms with van der Waals surface area (Å²) in [5, 5.41) is 0.435. The van der Waals surface area contributed by atoms with Crippen LogP contribution in [0.3, 0.4) is 0 Å². The van der Waals surface area contributed by atoms with Crippen LogP contribution >= 0.6 is 11.6 Å². The number of nitrogens with zero attached hydrogens (tertiary/aromatic N) is 1. The average molecular weight is 439 g/mol. The van der Waals surface area contributed by atoms with Crippen molar-refractivity contribution in [3.05, 3.63) is 64.4 Å². The number of nitrogens with one attached hydrogen (secondary N) is 1. The van der Waals surface area contributed by atoms with Crippen LogP contribution in [0.25, 0.3) is 0 Å². The fourth-order valence-corrected chi connectivity index (χ4v) is 4.64. The number of hydrogen-bond donors (Lipinski definition) is 1. The van der Waals surface area contributed by atoms with Crippen LogP contribution in [0.4, 0.5) is 4.39 Å². The zero-order chi connectivity index (χ0) is 21.4. The van der Waals surface area contributed by atoms with Gasteiger partial charge in [-0.3, -0.25) is 9.59 Å². The summed E-state index contributed by atoms with van der Waals surface area (Å²) < 4.78 is 40.9. The van der Waals surface area contributed by atoms with Gasteiger partial charge in [-0.05, 0) is 49.6 Å². The minimum atomic E-state index is -4.42. The predicted octanol–water partition coefficient (Wildman–Crippen LogP) is 2.83. The molecule has 1 aliphatic rings. The van der Waals surface area contributed by atoms with Gasteiger partial charge in [0.2, 0.25) is 5.91 Å². The molecule has 0 saturated carbocycles. The molecule has 0 spiro atoms. The molecule has 1 aliphatic heterocycles. The lowest BCUT2D eigenvalue weighted by Gasteiger charge is -2.49. The van der Waals surface area contributed by atoms with Gasteiger partial charge in [-0.15, -0.1) is 0 Å². The second kappa shape index (κ2) is 7.76. The molecule has 1 fully saturated rings. The van der Waals surface area contributed by atoms with Gasteiger partial charge in [-0.2, -0.15) is 0 Å². The zero-order valence-corrected chi connectivity index (χ0v) is 17.5. The van der Waals surface area contributed by atoms with Crippen LogP contribution < -0.4 is 4.72 Å². The van der Waals surface area contributed by atoms with Gasteiger partial charge >= 0.3 is 0 Å². The Hall–Kier alpha value is -2.45. The lowest BCUT2D eigenvalue weighted by Crippen LogP contribution is -2.68. The van der Waals surface area contributed by atoms with Crippen molar-refractivity contribution in [3.8, 4) is 0 Å². The molecule has 0 aromatic heterocycles. The van der Waals surface area contributed by atoms with E-state index in [2.05, 4.69) is 0 Å². The van der Waals surface area contributed by atoms with Crippen LogP contribution in [0.2, 0.25) is 5.02 Å². The largest absolute Gasteiger partial charge is 0.328 e. The van der Waals surface area contributed by atoms with Crippen LogP contribution in [0.5, 0.6) is 0 Å². The summed E-state index contributed by atoms with van der Waals surface area (Å²) >= 11 is 6.09. The van der Waals surface area contributed by atoms with Gasteiger partial charge in [-0.1, -0.05) is 35.9 Å². The first-order valence-electron chi connectivity index (χ1n) is 8.92. The van der Waals surface area contributed by atoms with Gasteiger partial charge in [0.1, 0.15) is 16.3 Å². The number of likely N-dealkylation sites (tertiary alicyclic amines) is 1. The van der Waals surface area contributed by atoms with E-state index in [9.17, 15) is 22.4 Å². The summed E-state index contributed by atoms with van der Waals surface area (Å²) in [4.78, 5) is 26.1. The summed E-state index contributed by atoms with van der Waals surface area (Å²) in [6.45, 7) is 3.41. The standard InChI is InChI=1S/C20H20ClFN2O4S/c1-13-7-8-16(22)17(11-13)29(27,28)23-19(26)20(2)9-10-24(20)18(25)12-14-5-3-4-6-15(14)21/h3-8,11H,9-10,12H2,1-2H3,(H,23,26). The quantitative estimate of drug-likeness (QED) is 0.778. The van der Waals surface area contributed by atoms with Crippen molar-refractivity contribution in [2.24, 2.45) is 0 Å². The third-order valence-electron chi connectivity index (χ3n) is 5.11. The third kappa shape index (κ3) is 4.13.